The number of carbonyl (C=O) groups excluding carboxylic acids is 1. The highest BCUT2D eigenvalue weighted by molar-refractivity contribution is 6.22. The summed E-state index contributed by atoms with van der Waals surface area (Å²) in [5.41, 5.74) is 5.92. The number of aliphatic carboxylic acids is 1. The molecule has 1 saturated carbocycles. The molecule has 0 aliphatic heterocycles. The molecule has 6 nitrogen and oxygen atoms in total. The molecule has 4 aromatic rings. The fourth-order valence-corrected chi connectivity index (χ4v) is 5.90. The molecule has 39 heavy (non-hydrogen) atoms. The van der Waals surface area contributed by atoms with E-state index < -0.39 is 5.97 Å². The van der Waals surface area contributed by atoms with Gasteiger partial charge in [-0.05, 0) is 56.4 Å². The first kappa shape index (κ1) is 28.1. The number of hydrogen-bond donors (Lipinski definition) is 2. The van der Waals surface area contributed by atoms with Crippen LogP contribution in [-0.2, 0) is 11.3 Å². The van der Waals surface area contributed by atoms with Crippen LogP contribution < -0.4 is 0 Å². The number of carboxylic acids is 1. The molecule has 1 heterocycles. The van der Waals surface area contributed by atoms with Crippen molar-refractivity contribution in [3.63, 3.8) is 0 Å². The van der Waals surface area contributed by atoms with Gasteiger partial charge in [0.15, 0.2) is 5.78 Å². The number of aryl methyl sites for hydroxylation is 2. The number of para-hydroxylation sites is 1. The third-order valence-corrected chi connectivity index (χ3v) is 7.78. The highest BCUT2D eigenvalue weighted by atomic mass is 16.4. The molecule has 1 aliphatic carbocycles. The second kappa shape index (κ2) is 12.7. The maximum absolute atomic E-state index is 14.0. The third-order valence-electron chi connectivity index (χ3n) is 7.78. The Labute approximate surface area is 230 Å². The summed E-state index contributed by atoms with van der Waals surface area (Å²) in [6.45, 7) is 5.95. The average molecular weight is 527 g/mol. The molecule has 0 saturated heterocycles. The highest BCUT2D eigenvalue weighted by Gasteiger charge is 2.23. The van der Waals surface area contributed by atoms with Gasteiger partial charge in [0.2, 0.25) is 0 Å². The van der Waals surface area contributed by atoms with Crippen LogP contribution in [-0.4, -0.2) is 32.3 Å². The summed E-state index contributed by atoms with van der Waals surface area (Å²) < 4.78 is 2.23. The van der Waals surface area contributed by atoms with Gasteiger partial charge in [0.25, 0.3) is 5.97 Å². The normalized spacial score (nSPS) is 14.3. The van der Waals surface area contributed by atoms with E-state index in [1.54, 1.807) is 0 Å². The van der Waals surface area contributed by atoms with E-state index in [0.29, 0.717) is 22.8 Å². The molecule has 5 rings (SSSR count). The first-order valence-corrected chi connectivity index (χ1v) is 13.9. The fourth-order valence-electron chi connectivity index (χ4n) is 5.90. The van der Waals surface area contributed by atoms with Crippen LogP contribution in [0.2, 0.25) is 0 Å². The van der Waals surface area contributed by atoms with E-state index in [4.69, 9.17) is 9.90 Å². The van der Waals surface area contributed by atoms with E-state index >= 15 is 0 Å². The number of carboxylic acid groups (broad SMARTS) is 1. The lowest BCUT2D eigenvalue weighted by atomic mass is 9.84. The van der Waals surface area contributed by atoms with Gasteiger partial charge in [0.05, 0.1) is 11.2 Å². The Morgan fingerprint density at radius 3 is 2.28 bits per heavy atom. The van der Waals surface area contributed by atoms with Gasteiger partial charge in [0.1, 0.15) is 0 Å². The summed E-state index contributed by atoms with van der Waals surface area (Å²) in [5, 5.41) is 23.4. The second-order valence-corrected chi connectivity index (χ2v) is 10.4. The number of benzene rings is 3. The molecule has 0 amide bonds. The maximum Gasteiger partial charge on any atom is 0.300 e. The number of oxime groups is 1. The van der Waals surface area contributed by atoms with Crippen molar-refractivity contribution in [1.82, 2.24) is 4.57 Å². The van der Waals surface area contributed by atoms with Crippen LogP contribution in [0.1, 0.15) is 85.8 Å². The van der Waals surface area contributed by atoms with Crippen molar-refractivity contribution in [3.05, 3.63) is 82.9 Å². The Morgan fingerprint density at radius 1 is 0.949 bits per heavy atom. The van der Waals surface area contributed by atoms with Crippen LogP contribution in [0.25, 0.3) is 21.8 Å². The molecule has 0 bridgehead atoms. The van der Waals surface area contributed by atoms with Gasteiger partial charge in [-0.25, -0.2) is 0 Å². The van der Waals surface area contributed by atoms with Crippen LogP contribution in [0.15, 0.2) is 65.8 Å². The van der Waals surface area contributed by atoms with Crippen molar-refractivity contribution in [2.24, 2.45) is 11.1 Å². The number of aromatic nitrogens is 1. The van der Waals surface area contributed by atoms with Gasteiger partial charge in [0, 0.05) is 46.4 Å². The highest BCUT2D eigenvalue weighted by Crippen LogP contribution is 2.35. The molecule has 3 aromatic carbocycles. The van der Waals surface area contributed by atoms with E-state index in [1.165, 1.54) is 32.1 Å². The SMILES string of the molecule is CC(=O)O.CCn1c2ccccc2c2cc(C(CCC3CCCCC3)=NO)cc(C(=O)c3ccccc3C)c21. The van der Waals surface area contributed by atoms with E-state index in [9.17, 15) is 10.0 Å². The van der Waals surface area contributed by atoms with Gasteiger partial charge >= 0.3 is 0 Å². The molecular formula is C33H38N2O4. The van der Waals surface area contributed by atoms with Crippen molar-refractivity contribution in [2.75, 3.05) is 0 Å². The second-order valence-electron chi connectivity index (χ2n) is 10.4. The quantitative estimate of drug-likeness (QED) is 0.110. The first-order valence-electron chi connectivity index (χ1n) is 13.9. The largest absolute Gasteiger partial charge is 0.481 e. The van der Waals surface area contributed by atoms with Gasteiger partial charge in [-0.15, -0.1) is 0 Å². The number of fused-ring (bicyclic) bond motifs is 3. The molecule has 6 heteroatoms. The van der Waals surface area contributed by atoms with Crippen LogP contribution >= 0.6 is 0 Å². The first-order chi connectivity index (χ1) is 18.8. The minimum absolute atomic E-state index is 0.0111. The zero-order valence-corrected chi connectivity index (χ0v) is 23.1. The molecule has 0 spiro atoms. The topological polar surface area (TPSA) is 91.9 Å². The van der Waals surface area contributed by atoms with Crippen LogP contribution in [0, 0.1) is 12.8 Å². The molecule has 0 unspecified atom stereocenters. The molecule has 204 valence electrons. The summed E-state index contributed by atoms with van der Waals surface area (Å²) in [7, 11) is 0. The van der Waals surface area contributed by atoms with E-state index in [0.717, 1.165) is 59.2 Å². The third kappa shape index (κ3) is 6.22. The summed E-state index contributed by atoms with van der Waals surface area (Å²) >= 11 is 0. The van der Waals surface area contributed by atoms with Crippen molar-refractivity contribution in [2.45, 2.75) is 72.3 Å². The maximum atomic E-state index is 14.0. The lowest BCUT2D eigenvalue weighted by molar-refractivity contribution is -0.134. The van der Waals surface area contributed by atoms with Gasteiger partial charge in [-0.2, -0.15) is 0 Å². The lowest BCUT2D eigenvalue weighted by Gasteiger charge is -2.21. The lowest BCUT2D eigenvalue weighted by Crippen LogP contribution is -2.12. The number of ketones is 1. The van der Waals surface area contributed by atoms with Gasteiger partial charge in [-0.3, -0.25) is 9.59 Å². The van der Waals surface area contributed by atoms with Crippen LogP contribution in [0.3, 0.4) is 0 Å². The Hall–Kier alpha value is -3.93. The zero-order valence-electron chi connectivity index (χ0n) is 23.1. The molecular weight excluding hydrogens is 488 g/mol. The minimum atomic E-state index is -0.833. The van der Waals surface area contributed by atoms with Gasteiger partial charge < -0.3 is 14.9 Å². The summed E-state index contributed by atoms with van der Waals surface area (Å²) in [5.74, 6) is -0.128. The summed E-state index contributed by atoms with van der Waals surface area (Å²) in [6.07, 6.45) is 8.20. The predicted octanol–water partition coefficient (Wildman–Crippen LogP) is 7.98. The fraction of sp³-hybridized carbons (Fsp3) is 0.364. The molecule has 0 atom stereocenters. The molecule has 1 aromatic heterocycles. The Kier molecular flexibility index (Phi) is 9.18. The van der Waals surface area contributed by atoms with E-state index in [-0.39, 0.29) is 5.78 Å². The van der Waals surface area contributed by atoms with E-state index in [2.05, 4.69) is 34.8 Å². The molecule has 2 N–H and O–H groups in total. The summed E-state index contributed by atoms with van der Waals surface area (Å²) in [4.78, 5) is 23.0. The van der Waals surface area contributed by atoms with Crippen molar-refractivity contribution >= 4 is 39.3 Å². The Balaban J connectivity index is 0.000000826. The van der Waals surface area contributed by atoms with Gasteiger partial charge in [-0.1, -0.05) is 79.7 Å². The number of hydrogen-bond acceptors (Lipinski definition) is 4. The predicted molar refractivity (Wildman–Crippen MR) is 157 cm³/mol. The standard InChI is InChI=1S/C31H34N2O2.C2H4O2/c1-3-33-29-16-10-9-15-25(29)26-19-23(28(32-35)18-17-22-12-5-4-6-13-22)20-27(30(26)33)31(34)24-14-8-7-11-21(24)2;1-2(3)4/h7-11,14-16,19-20,22,35H,3-6,12-13,17-18H2,1-2H3;1H3,(H,3,4). The van der Waals surface area contributed by atoms with Crippen LogP contribution in [0.5, 0.6) is 0 Å². The van der Waals surface area contributed by atoms with Crippen molar-refractivity contribution in [1.29, 1.82) is 0 Å². The Morgan fingerprint density at radius 2 is 1.62 bits per heavy atom. The van der Waals surface area contributed by atoms with Crippen molar-refractivity contribution in [3.8, 4) is 0 Å². The summed E-state index contributed by atoms with van der Waals surface area (Å²) in [6, 6.07) is 20.2. The number of rotatable bonds is 7. The van der Waals surface area contributed by atoms with Crippen molar-refractivity contribution < 1.29 is 19.9 Å². The molecule has 0 radical (unpaired) electrons. The minimum Gasteiger partial charge on any atom is -0.481 e. The number of carbonyl (C=O) groups is 2. The zero-order chi connectivity index (χ0) is 27.9. The van der Waals surface area contributed by atoms with E-state index in [1.807, 2.05) is 49.4 Å². The molecule has 1 aliphatic rings. The molecule has 1 fully saturated rings. The Bertz CT molecular complexity index is 1510. The monoisotopic (exact) mass is 526 g/mol. The van der Waals surface area contributed by atoms with Crippen LogP contribution in [0.4, 0.5) is 0 Å². The smallest absolute Gasteiger partial charge is 0.300 e. The average Bonchev–Trinajstić information content (AvgIpc) is 3.27. The number of nitrogens with zero attached hydrogens (tertiary/aromatic N) is 2.